The molecule has 1 aromatic rings. The molecule has 1 saturated heterocycles. The van der Waals surface area contributed by atoms with Gasteiger partial charge in [0.15, 0.2) is 0 Å². The van der Waals surface area contributed by atoms with Crippen LogP contribution in [0.1, 0.15) is 42.0 Å². The van der Waals surface area contributed by atoms with Crippen molar-refractivity contribution in [2.24, 2.45) is 0 Å². The fourth-order valence-electron chi connectivity index (χ4n) is 2.44. The van der Waals surface area contributed by atoms with Crippen LogP contribution < -0.4 is 10.1 Å². The SMILES string of the molecule is COc1c(C(F)F)cc(C)cc1C1CCCN1. The number of aryl methyl sites for hydroxylation is 1. The monoisotopic (exact) mass is 241 g/mol. The first-order valence-electron chi connectivity index (χ1n) is 5.83. The Morgan fingerprint density at radius 1 is 1.41 bits per heavy atom. The Kier molecular flexibility index (Phi) is 3.62. The van der Waals surface area contributed by atoms with Gasteiger partial charge in [0.2, 0.25) is 0 Å². The third kappa shape index (κ3) is 2.41. The van der Waals surface area contributed by atoms with Gasteiger partial charge in [-0.2, -0.15) is 0 Å². The maximum atomic E-state index is 13.0. The van der Waals surface area contributed by atoms with Gasteiger partial charge in [0, 0.05) is 11.6 Å². The zero-order valence-corrected chi connectivity index (χ0v) is 10.1. The van der Waals surface area contributed by atoms with Crippen LogP contribution in [0, 0.1) is 6.92 Å². The lowest BCUT2D eigenvalue weighted by molar-refractivity contribution is 0.146. The van der Waals surface area contributed by atoms with Crippen LogP contribution in [0.4, 0.5) is 8.78 Å². The zero-order valence-electron chi connectivity index (χ0n) is 10.1. The molecule has 0 radical (unpaired) electrons. The molecule has 1 heterocycles. The molecule has 0 saturated carbocycles. The third-order valence-corrected chi connectivity index (χ3v) is 3.17. The van der Waals surface area contributed by atoms with Crippen LogP contribution in [-0.2, 0) is 0 Å². The van der Waals surface area contributed by atoms with Crippen molar-refractivity contribution in [1.29, 1.82) is 0 Å². The van der Waals surface area contributed by atoms with Crippen LogP contribution in [0.25, 0.3) is 0 Å². The number of ether oxygens (including phenoxy) is 1. The largest absolute Gasteiger partial charge is 0.496 e. The Labute approximate surface area is 100.0 Å². The van der Waals surface area contributed by atoms with Crippen molar-refractivity contribution >= 4 is 0 Å². The molecule has 17 heavy (non-hydrogen) atoms. The number of halogens is 2. The number of rotatable bonds is 3. The molecule has 0 spiro atoms. The summed E-state index contributed by atoms with van der Waals surface area (Å²) >= 11 is 0. The molecule has 1 aromatic carbocycles. The van der Waals surface area contributed by atoms with Crippen molar-refractivity contribution in [3.05, 3.63) is 28.8 Å². The van der Waals surface area contributed by atoms with E-state index in [4.69, 9.17) is 4.74 Å². The Bertz CT molecular complexity index is 401. The molecule has 0 aromatic heterocycles. The Morgan fingerprint density at radius 3 is 2.71 bits per heavy atom. The molecule has 0 aliphatic carbocycles. The molecule has 4 heteroatoms. The molecule has 2 nitrogen and oxygen atoms in total. The average Bonchev–Trinajstić information content (AvgIpc) is 2.81. The number of hydrogen-bond donors (Lipinski definition) is 1. The quantitative estimate of drug-likeness (QED) is 0.876. The Balaban J connectivity index is 2.48. The molecule has 2 rings (SSSR count). The Morgan fingerprint density at radius 2 is 2.18 bits per heavy atom. The zero-order chi connectivity index (χ0) is 12.4. The normalized spacial score (nSPS) is 19.9. The maximum Gasteiger partial charge on any atom is 0.267 e. The lowest BCUT2D eigenvalue weighted by Crippen LogP contribution is -2.15. The van der Waals surface area contributed by atoms with Crippen molar-refractivity contribution < 1.29 is 13.5 Å². The van der Waals surface area contributed by atoms with E-state index in [2.05, 4.69) is 5.32 Å². The highest BCUT2D eigenvalue weighted by molar-refractivity contribution is 5.47. The first kappa shape index (κ1) is 12.3. The van der Waals surface area contributed by atoms with Crippen LogP contribution >= 0.6 is 0 Å². The summed E-state index contributed by atoms with van der Waals surface area (Å²) < 4.78 is 31.1. The van der Waals surface area contributed by atoms with Gasteiger partial charge in [-0.3, -0.25) is 0 Å². The number of methoxy groups -OCH3 is 1. The van der Waals surface area contributed by atoms with E-state index >= 15 is 0 Å². The molecule has 0 bridgehead atoms. The summed E-state index contributed by atoms with van der Waals surface area (Å²) in [6, 6.07) is 3.58. The molecule has 1 aliphatic rings. The van der Waals surface area contributed by atoms with Crippen molar-refractivity contribution in [1.82, 2.24) is 5.32 Å². The van der Waals surface area contributed by atoms with Gasteiger partial charge in [-0.15, -0.1) is 0 Å². The van der Waals surface area contributed by atoms with Gasteiger partial charge in [0.1, 0.15) is 5.75 Å². The summed E-state index contributed by atoms with van der Waals surface area (Å²) in [7, 11) is 1.45. The van der Waals surface area contributed by atoms with E-state index in [1.807, 2.05) is 13.0 Å². The third-order valence-electron chi connectivity index (χ3n) is 3.17. The van der Waals surface area contributed by atoms with Gasteiger partial charge in [0.05, 0.1) is 12.7 Å². The lowest BCUT2D eigenvalue weighted by atomic mass is 9.98. The standard InChI is InChI=1S/C13H17F2NO/c1-8-6-9(11-4-3-5-16-11)12(17-2)10(7-8)13(14)15/h6-7,11,13,16H,3-5H2,1-2H3. The van der Waals surface area contributed by atoms with Gasteiger partial charge in [-0.05, 0) is 32.4 Å². The molecule has 1 aliphatic heterocycles. The van der Waals surface area contributed by atoms with Crippen molar-refractivity contribution in [2.75, 3.05) is 13.7 Å². The highest BCUT2D eigenvalue weighted by Crippen LogP contribution is 2.38. The predicted octanol–water partition coefficient (Wildman–Crippen LogP) is 3.37. The van der Waals surface area contributed by atoms with Crippen molar-refractivity contribution in [3.63, 3.8) is 0 Å². The fraction of sp³-hybridized carbons (Fsp3) is 0.538. The topological polar surface area (TPSA) is 21.3 Å². The summed E-state index contributed by atoms with van der Waals surface area (Å²) in [4.78, 5) is 0. The minimum absolute atomic E-state index is 0.00352. The first-order valence-corrected chi connectivity index (χ1v) is 5.83. The summed E-state index contributed by atoms with van der Waals surface area (Å²) in [5, 5.41) is 3.32. The molecule has 1 unspecified atom stereocenters. The van der Waals surface area contributed by atoms with Crippen LogP contribution in [0.2, 0.25) is 0 Å². The average molecular weight is 241 g/mol. The Hall–Kier alpha value is -1.16. The molecule has 1 N–H and O–H groups in total. The van der Waals surface area contributed by atoms with Gasteiger partial charge in [-0.25, -0.2) is 8.78 Å². The van der Waals surface area contributed by atoms with Crippen molar-refractivity contribution in [2.45, 2.75) is 32.2 Å². The predicted molar refractivity (Wildman–Crippen MR) is 62.7 cm³/mol. The number of alkyl halides is 2. The highest BCUT2D eigenvalue weighted by atomic mass is 19.3. The molecule has 94 valence electrons. The number of nitrogens with one attached hydrogen (secondary N) is 1. The van der Waals surface area contributed by atoms with Gasteiger partial charge < -0.3 is 10.1 Å². The molecule has 0 amide bonds. The molecule has 1 atom stereocenters. The van der Waals surface area contributed by atoms with Gasteiger partial charge in [-0.1, -0.05) is 11.6 Å². The maximum absolute atomic E-state index is 13.0. The minimum Gasteiger partial charge on any atom is -0.496 e. The van der Waals surface area contributed by atoms with Crippen molar-refractivity contribution in [3.8, 4) is 5.75 Å². The van der Waals surface area contributed by atoms with Crippen LogP contribution in [0.5, 0.6) is 5.75 Å². The van der Waals surface area contributed by atoms with Crippen LogP contribution in [-0.4, -0.2) is 13.7 Å². The van der Waals surface area contributed by atoms with E-state index in [9.17, 15) is 8.78 Å². The molecule has 1 fully saturated rings. The fourth-order valence-corrected chi connectivity index (χ4v) is 2.44. The van der Waals surface area contributed by atoms with Gasteiger partial charge in [0.25, 0.3) is 6.43 Å². The minimum atomic E-state index is -2.50. The van der Waals surface area contributed by atoms with E-state index in [0.29, 0.717) is 5.75 Å². The summed E-state index contributed by atoms with van der Waals surface area (Å²) in [5.41, 5.74) is 1.71. The lowest BCUT2D eigenvalue weighted by Gasteiger charge is -2.19. The first-order chi connectivity index (χ1) is 8.13. The van der Waals surface area contributed by atoms with E-state index in [1.165, 1.54) is 13.2 Å². The number of hydrogen-bond acceptors (Lipinski definition) is 2. The second-order valence-electron chi connectivity index (χ2n) is 4.43. The molecular formula is C13H17F2NO. The van der Waals surface area contributed by atoms with E-state index in [0.717, 1.165) is 30.5 Å². The summed E-state index contributed by atoms with van der Waals surface area (Å²) in [6.07, 6.45) is -0.446. The number of benzene rings is 1. The van der Waals surface area contributed by atoms with Gasteiger partial charge >= 0.3 is 0 Å². The summed E-state index contributed by atoms with van der Waals surface area (Å²) in [6.45, 7) is 2.77. The van der Waals surface area contributed by atoms with E-state index < -0.39 is 6.43 Å². The van der Waals surface area contributed by atoms with E-state index in [1.54, 1.807) is 0 Å². The molecular weight excluding hydrogens is 224 g/mol. The van der Waals surface area contributed by atoms with Crippen LogP contribution in [0.3, 0.4) is 0 Å². The second-order valence-corrected chi connectivity index (χ2v) is 4.43. The second kappa shape index (κ2) is 5.00. The van der Waals surface area contributed by atoms with Crippen LogP contribution in [0.15, 0.2) is 12.1 Å². The smallest absolute Gasteiger partial charge is 0.267 e. The van der Waals surface area contributed by atoms with E-state index in [-0.39, 0.29) is 11.6 Å². The summed E-state index contributed by atoms with van der Waals surface area (Å²) in [5.74, 6) is 0.338. The highest BCUT2D eigenvalue weighted by Gasteiger charge is 2.24.